The Kier molecular flexibility index (Phi) is 3.69. The normalized spacial score (nSPS) is 11.7. The van der Waals surface area contributed by atoms with Gasteiger partial charge in [0, 0.05) is 11.1 Å². The molecule has 18 heavy (non-hydrogen) atoms. The van der Waals surface area contributed by atoms with Gasteiger partial charge in [0.2, 0.25) is 0 Å². The van der Waals surface area contributed by atoms with Gasteiger partial charge in [-0.05, 0) is 19.1 Å². The molecule has 8 heteroatoms. The van der Waals surface area contributed by atoms with Crippen LogP contribution >= 0.6 is 11.3 Å². The third-order valence-electron chi connectivity index (χ3n) is 2.20. The molecule has 2 N–H and O–H groups in total. The standard InChI is InChI=1S/C10H13N3O3S2/c1-8-2-3-10(17-8)18(15,16)12-9-6-11-13(7-9)4-5-14/h2-3,6-7,12,14H,4-5H2,1H3. The van der Waals surface area contributed by atoms with Gasteiger partial charge in [-0.1, -0.05) is 0 Å². The molecule has 0 saturated heterocycles. The minimum absolute atomic E-state index is 0.0437. The first kappa shape index (κ1) is 13.1. The Morgan fingerprint density at radius 1 is 1.50 bits per heavy atom. The number of sulfonamides is 1. The Balaban J connectivity index is 2.17. The summed E-state index contributed by atoms with van der Waals surface area (Å²) in [7, 11) is -3.54. The molecule has 0 saturated carbocycles. The SMILES string of the molecule is Cc1ccc(S(=O)(=O)Nc2cnn(CCO)c2)s1. The van der Waals surface area contributed by atoms with Crippen molar-refractivity contribution in [2.75, 3.05) is 11.3 Å². The van der Waals surface area contributed by atoms with Gasteiger partial charge in [0.1, 0.15) is 4.21 Å². The summed E-state index contributed by atoms with van der Waals surface area (Å²) in [5, 5.41) is 12.7. The maximum atomic E-state index is 12.0. The van der Waals surface area contributed by atoms with Crippen LogP contribution in [0.1, 0.15) is 4.88 Å². The summed E-state index contributed by atoms with van der Waals surface area (Å²) in [6.45, 7) is 2.14. The molecule has 0 unspecified atom stereocenters. The van der Waals surface area contributed by atoms with E-state index in [1.165, 1.54) is 28.4 Å². The van der Waals surface area contributed by atoms with Gasteiger partial charge in [-0.25, -0.2) is 8.42 Å². The van der Waals surface area contributed by atoms with Crippen LogP contribution in [0.2, 0.25) is 0 Å². The van der Waals surface area contributed by atoms with Crippen LogP contribution in [-0.2, 0) is 16.6 Å². The molecule has 98 valence electrons. The molecular weight excluding hydrogens is 274 g/mol. The van der Waals surface area contributed by atoms with Crippen LogP contribution in [0.25, 0.3) is 0 Å². The molecule has 0 aliphatic heterocycles. The summed E-state index contributed by atoms with van der Waals surface area (Å²) >= 11 is 1.21. The number of anilines is 1. The fourth-order valence-electron chi connectivity index (χ4n) is 1.40. The maximum absolute atomic E-state index is 12.0. The zero-order valence-electron chi connectivity index (χ0n) is 9.70. The van der Waals surface area contributed by atoms with E-state index in [4.69, 9.17) is 5.11 Å². The van der Waals surface area contributed by atoms with Gasteiger partial charge in [-0.15, -0.1) is 11.3 Å². The number of hydrogen-bond donors (Lipinski definition) is 2. The van der Waals surface area contributed by atoms with Gasteiger partial charge in [0.15, 0.2) is 0 Å². The lowest BCUT2D eigenvalue weighted by Crippen LogP contribution is -2.11. The van der Waals surface area contributed by atoms with Crippen molar-refractivity contribution in [2.45, 2.75) is 17.7 Å². The molecule has 0 radical (unpaired) electrons. The fourth-order valence-corrected chi connectivity index (χ4v) is 3.71. The summed E-state index contributed by atoms with van der Waals surface area (Å²) in [4.78, 5) is 0.936. The second kappa shape index (κ2) is 5.09. The van der Waals surface area contributed by atoms with Crippen LogP contribution in [-0.4, -0.2) is 29.9 Å². The maximum Gasteiger partial charge on any atom is 0.271 e. The number of aliphatic hydroxyl groups excluding tert-OH is 1. The number of aliphatic hydroxyl groups is 1. The molecule has 2 aromatic rings. The summed E-state index contributed by atoms with van der Waals surface area (Å²) in [6, 6.07) is 3.33. The van der Waals surface area contributed by atoms with Crippen molar-refractivity contribution in [1.29, 1.82) is 0 Å². The molecule has 0 bridgehead atoms. The first-order chi connectivity index (χ1) is 8.51. The molecule has 6 nitrogen and oxygen atoms in total. The Morgan fingerprint density at radius 3 is 2.89 bits per heavy atom. The molecule has 0 aromatic carbocycles. The Morgan fingerprint density at radius 2 is 2.28 bits per heavy atom. The van der Waals surface area contributed by atoms with Crippen molar-refractivity contribution >= 4 is 27.0 Å². The summed E-state index contributed by atoms with van der Waals surface area (Å²) in [5.41, 5.74) is 0.384. The lowest BCUT2D eigenvalue weighted by Gasteiger charge is -2.02. The van der Waals surface area contributed by atoms with E-state index in [2.05, 4.69) is 9.82 Å². The van der Waals surface area contributed by atoms with Crippen LogP contribution in [0.4, 0.5) is 5.69 Å². The molecule has 2 heterocycles. The molecule has 0 fully saturated rings. The number of hydrogen-bond acceptors (Lipinski definition) is 5. The van der Waals surface area contributed by atoms with Gasteiger partial charge >= 0.3 is 0 Å². The Bertz CT molecular complexity index is 630. The third-order valence-corrected chi connectivity index (χ3v) is 5.07. The van der Waals surface area contributed by atoms with Crippen LogP contribution in [0.3, 0.4) is 0 Å². The second-order valence-electron chi connectivity index (χ2n) is 3.69. The number of aryl methyl sites for hydroxylation is 1. The second-order valence-corrected chi connectivity index (χ2v) is 6.88. The third kappa shape index (κ3) is 2.89. The van der Waals surface area contributed by atoms with E-state index < -0.39 is 10.0 Å². The molecular formula is C10H13N3O3S2. The molecule has 0 atom stereocenters. The van der Waals surface area contributed by atoms with E-state index in [0.29, 0.717) is 12.2 Å². The summed E-state index contributed by atoms with van der Waals surface area (Å²) < 4.78 is 28.2. The van der Waals surface area contributed by atoms with Crippen molar-refractivity contribution < 1.29 is 13.5 Å². The van der Waals surface area contributed by atoms with E-state index in [-0.39, 0.29) is 10.8 Å². The van der Waals surface area contributed by atoms with Crippen LogP contribution in [0.15, 0.2) is 28.7 Å². The van der Waals surface area contributed by atoms with Crippen molar-refractivity contribution in [3.63, 3.8) is 0 Å². The van der Waals surface area contributed by atoms with Gasteiger partial charge in [-0.3, -0.25) is 9.40 Å². The quantitative estimate of drug-likeness (QED) is 0.860. The molecule has 0 aliphatic carbocycles. The highest BCUT2D eigenvalue weighted by Crippen LogP contribution is 2.23. The van der Waals surface area contributed by atoms with E-state index in [9.17, 15) is 8.42 Å². The Hall–Kier alpha value is -1.38. The monoisotopic (exact) mass is 287 g/mol. The highest BCUT2D eigenvalue weighted by atomic mass is 32.2. The fraction of sp³-hybridized carbons (Fsp3) is 0.300. The average Bonchev–Trinajstić information content (AvgIpc) is 2.88. The van der Waals surface area contributed by atoms with E-state index in [0.717, 1.165) is 4.88 Å². The first-order valence-corrected chi connectivity index (χ1v) is 7.54. The average molecular weight is 287 g/mol. The predicted molar refractivity (Wildman–Crippen MR) is 69.2 cm³/mol. The van der Waals surface area contributed by atoms with Crippen molar-refractivity contribution in [1.82, 2.24) is 9.78 Å². The number of aromatic nitrogens is 2. The topological polar surface area (TPSA) is 84.2 Å². The van der Waals surface area contributed by atoms with Gasteiger partial charge in [0.05, 0.1) is 25.0 Å². The van der Waals surface area contributed by atoms with Crippen molar-refractivity contribution in [2.24, 2.45) is 0 Å². The number of nitrogens with zero attached hydrogens (tertiary/aromatic N) is 2. The summed E-state index contributed by atoms with van der Waals surface area (Å²) in [5.74, 6) is 0. The lowest BCUT2D eigenvalue weighted by molar-refractivity contribution is 0.269. The molecule has 2 rings (SSSR count). The molecule has 2 aromatic heterocycles. The highest BCUT2D eigenvalue weighted by molar-refractivity contribution is 7.94. The minimum atomic E-state index is -3.54. The van der Waals surface area contributed by atoms with Crippen molar-refractivity contribution in [3.05, 3.63) is 29.4 Å². The Labute approximate surface area is 109 Å². The van der Waals surface area contributed by atoms with Crippen LogP contribution in [0.5, 0.6) is 0 Å². The predicted octanol–water partition coefficient (Wildman–Crippen LogP) is 1.05. The van der Waals surface area contributed by atoms with E-state index in [1.54, 1.807) is 12.1 Å². The zero-order chi connectivity index (χ0) is 13.2. The van der Waals surface area contributed by atoms with E-state index >= 15 is 0 Å². The largest absolute Gasteiger partial charge is 0.394 e. The van der Waals surface area contributed by atoms with Crippen LogP contribution < -0.4 is 4.72 Å². The van der Waals surface area contributed by atoms with Crippen LogP contribution in [0, 0.1) is 6.92 Å². The minimum Gasteiger partial charge on any atom is -0.394 e. The highest BCUT2D eigenvalue weighted by Gasteiger charge is 2.16. The van der Waals surface area contributed by atoms with E-state index in [1.807, 2.05) is 6.92 Å². The van der Waals surface area contributed by atoms with Crippen molar-refractivity contribution in [3.8, 4) is 0 Å². The molecule has 0 spiro atoms. The smallest absolute Gasteiger partial charge is 0.271 e. The summed E-state index contributed by atoms with van der Waals surface area (Å²) in [6.07, 6.45) is 2.95. The molecule has 0 amide bonds. The van der Waals surface area contributed by atoms with Gasteiger partial charge in [0.25, 0.3) is 10.0 Å². The van der Waals surface area contributed by atoms with Gasteiger partial charge in [-0.2, -0.15) is 5.10 Å². The molecule has 0 aliphatic rings. The number of rotatable bonds is 5. The zero-order valence-corrected chi connectivity index (χ0v) is 11.3. The number of nitrogens with one attached hydrogen (secondary N) is 1. The first-order valence-electron chi connectivity index (χ1n) is 5.24. The number of thiophene rings is 1. The van der Waals surface area contributed by atoms with Gasteiger partial charge < -0.3 is 5.11 Å². The lowest BCUT2D eigenvalue weighted by atomic mass is 10.5.